The van der Waals surface area contributed by atoms with Crippen molar-refractivity contribution < 1.29 is 9.59 Å². The molecular formula is C29H25N3O2S. The van der Waals surface area contributed by atoms with Crippen LogP contribution in [0.2, 0.25) is 0 Å². The SMILES string of the molecule is NCc1ccc(C(NC(=O)c2ccccc2)C(=O)N2CC=C(c3ccc4ccccc4c3)S2)cc1. The molecular weight excluding hydrogens is 454 g/mol. The van der Waals surface area contributed by atoms with Crippen molar-refractivity contribution in [2.45, 2.75) is 12.6 Å². The molecule has 5 rings (SSSR count). The smallest absolute Gasteiger partial charge is 0.260 e. The fraction of sp³-hybridized carbons (Fsp3) is 0.103. The molecule has 1 unspecified atom stereocenters. The maximum Gasteiger partial charge on any atom is 0.260 e. The average molecular weight is 480 g/mol. The quantitative estimate of drug-likeness (QED) is 0.368. The van der Waals surface area contributed by atoms with Gasteiger partial charge in [0.2, 0.25) is 0 Å². The van der Waals surface area contributed by atoms with Crippen LogP contribution in [-0.4, -0.2) is 22.7 Å². The van der Waals surface area contributed by atoms with Crippen LogP contribution in [0.4, 0.5) is 0 Å². The van der Waals surface area contributed by atoms with Gasteiger partial charge >= 0.3 is 0 Å². The summed E-state index contributed by atoms with van der Waals surface area (Å²) < 4.78 is 1.71. The molecule has 0 radical (unpaired) electrons. The van der Waals surface area contributed by atoms with Gasteiger partial charge in [-0.25, -0.2) is 0 Å². The van der Waals surface area contributed by atoms with Crippen molar-refractivity contribution in [1.82, 2.24) is 9.62 Å². The highest BCUT2D eigenvalue weighted by Crippen LogP contribution is 2.38. The fourth-order valence-electron chi connectivity index (χ4n) is 4.09. The maximum absolute atomic E-state index is 13.7. The lowest BCUT2D eigenvalue weighted by Gasteiger charge is -2.24. The number of amides is 2. The largest absolute Gasteiger partial charge is 0.336 e. The maximum atomic E-state index is 13.7. The number of nitrogens with one attached hydrogen (secondary N) is 1. The van der Waals surface area contributed by atoms with Crippen molar-refractivity contribution in [2.24, 2.45) is 5.73 Å². The predicted octanol–water partition coefficient (Wildman–Crippen LogP) is 5.30. The number of nitrogens with two attached hydrogens (primary N) is 1. The van der Waals surface area contributed by atoms with E-state index in [2.05, 4.69) is 41.7 Å². The van der Waals surface area contributed by atoms with Crippen molar-refractivity contribution in [2.75, 3.05) is 6.54 Å². The lowest BCUT2D eigenvalue weighted by Crippen LogP contribution is -2.39. The third-order valence-electron chi connectivity index (χ3n) is 6.04. The lowest BCUT2D eigenvalue weighted by atomic mass is 10.0. The van der Waals surface area contributed by atoms with Crippen molar-refractivity contribution in [3.63, 3.8) is 0 Å². The summed E-state index contributed by atoms with van der Waals surface area (Å²) in [6.45, 7) is 0.876. The Balaban J connectivity index is 1.38. The molecule has 6 heteroatoms. The van der Waals surface area contributed by atoms with Crippen LogP contribution in [0.5, 0.6) is 0 Å². The summed E-state index contributed by atoms with van der Waals surface area (Å²) in [5.74, 6) is -0.467. The Bertz CT molecular complexity index is 1400. The normalized spacial score (nSPS) is 14.0. The van der Waals surface area contributed by atoms with E-state index >= 15 is 0 Å². The van der Waals surface area contributed by atoms with Gasteiger partial charge in [0.25, 0.3) is 11.8 Å². The molecule has 1 aliphatic rings. The van der Waals surface area contributed by atoms with Gasteiger partial charge in [-0.2, -0.15) is 0 Å². The van der Waals surface area contributed by atoms with E-state index in [1.54, 1.807) is 28.6 Å². The zero-order valence-corrected chi connectivity index (χ0v) is 19.9. The first-order valence-corrected chi connectivity index (χ1v) is 12.2. The van der Waals surface area contributed by atoms with E-state index < -0.39 is 6.04 Å². The molecule has 0 saturated heterocycles. The van der Waals surface area contributed by atoms with Crippen molar-refractivity contribution >= 4 is 39.4 Å². The number of carbonyl (C=O) groups is 2. The molecule has 2 amide bonds. The summed E-state index contributed by atoms with van der Waals surface area (Å²) in [7, 11) is 0. The standard InChI is InChI=1S/C29H25N3O2S/c30-19-20-10-12-22(13-11-20)27(31-28(33)23-7-2-1-3-8-23)29(34)32-17-16-26(35-32)25-15-14-21-6-4-5-9-24(21)18-25/h1-16,18,27H,17,19,30H2,(H,31,33). The van der Waals surface area contributed by atoms with E-state index in [1.165, 1.54) is 17.3 Å². The summed E-state index contributed by atoms with van der Waals surface area (Å²) >= 11 is 1.41. The predicted molar refractivity (Wildman–Crippen MR) is 142 cm³/mol. The molecule has 0 spiro atoms. The van der Waals surface area contributed by atoms with E-state index in [0.717, 1.165) is 27.0 Å². The van der Waals surface area contributed by atoms with Gasteiger partial charge in [0.15, 0.2) is 0 Å². The Labute approximate surface area is 208 Å². The highest BCUT2D eigenvalue weighted by Gasteiger charge is 2.31. The van der Waals surface area contributed by atoms with E-state index in [9.17, 15) is 9.59 Å². The van der Waals surface area contributed by atoms with E-state index in [0.29, 0.717) is 18.7 Å². The second-order valence-electron chi connectivity index (χ2n) is 8.34. The van der Waals surface area contributed by atoms with Gasteiger partial charge in [-0.1, -0.05) is 78.9 Å². The Morgan fingerprint density at radius 3 is 2.34 bits per heavy atom. The third kappa shape index (κ3) is 4.99. The first-order valence-electron chi connectivity index (χ1n) is 11.5. The Morgan fingerprint density at radius 2 is 1.60 bits per heavy atom. The number of hydrogen-bond acceptors (Lipinski definition) is 4. The number of benzene rings is 4. The minimum Gasteiger partial charge on any atom is -0.336 e. The minimum absolute atomic E-state index is 0.174. The zero-order valence-electron chi connectivity index (χ0n) is 19.1. The Hall–Kier alpha value is -3.87. The molecule has 1 atom stereocenters. The topological polar surface area (TPSA) is 75.4 Å². The Kier molecular flexibility index (Phi) is 6.66. The van der Waals surface area contributed by atoms with Crippen molar-refractivity contribution in [1.29, 1.82) is 0 Å². The van der Waals surface area contributed by atoms with Gasteiger partial charge in [-0.3, -0.25) is 13.9 Å². The number of nitrogens with zero attached hydrogens (tertiary/aromatic N) is 1. The van der Waals surface area contributed by atoms with Crippen molar-refractivity contribution in [3.05, 3.63) is 125 Å². The molecule has 174 valence electrons. The number of hydrogen-bond donors (Lipinski definition) is 2. The van der Waals surface area contributed by atoms with E-state index in [-0.39, 0.29) is 11.8 Å². The molecule has 1 heterocycles. The van der Waals surface area contributed by atoms with Crippen LogP contribution in [0.3, 0.4) is 0 Å². The summed E-state index contributed by atoms with van der Waals surface area (Å²) in [6.07, 6.45) is 2.06. The monoisotopic (exact) mass is 479 g/mol. The fourth-order valence-corrected chi connectivity index (χ4v) is 5.05. The van der Waals surface area contributed by atoms with Crippen LogP contribution < -0.4 is 11.1 Å². The molecule has 5 nitrogen and oxygen atoms in total. The first kappa shape index (κ1) is 22.9. The highest BCUT2D eigenvalue weighted by atomic mass is 32.2. The van der Waals surface area contributed by atoms with Gasteiger partial charge < -0.3 is 11.1 Å². The Morgan fingerprint density at radius 1 is 0.886 bits per heavy atom. The molecule has 3 N–H and O–H groups in total. The van der Waals surface area contributed by atoms with Gasteiger partial charge in [0, 0.05) is 17.0 Å². The van der Waals surface area contributed by atoms with Gasteiger partial charge in [-0.05, 0) is 63.7 Å². The molecule has 1 aliphatic heterocycles. The summed E-state index contributed by atoms with van der Waals surface area (Å²) in [5, 5.41) is 5.28. The number of rotatable bonds is 6. The second-order valence-corrected chi connectivity index (χ2v) is 9.40. The lowest BCUT2D eigenvalue weighted by molar-refractivity contribution is -0.127. The first-order chi connectivity index (χ1) is 17.1. The van der Waals surface area contributed by atoms with Crippen molar-refractivity contribution in [3.8, 4) is 0 Å². The third-order valence-corrected chi connectivity index (χ3v) is 7.19. The molecule has 0 saturated carbocycles. The second kappa shape index (κ2) is 10.2. The minimum atomic E-state index is -0.814. The summed E-state index contributed by atoms with van der Waals surface area (Å²) in [4.78, 5) is 27.7. The molecule has 0 bridgehead atoms. The molecule has 4 aromatic carbocycles. The molecule has 0 aliphatic carbocycles. The molecule has 4 aromatic rings. The van der Waals surface area contributed by atoms with Gasteiger partial charge in [0.05, 0.1) is 6.54 Å². The summed E-state index contributed by atoms with van der Waals surface area (Å²) in [6, 6.07) is 30.1. The number of fused-ring (bicyclic) bond motifs is 1. The van der Waals surface area contributed by atoms with E-state index in [4.69, 9.17) is 5.73 Å². The zero-order chi connectivity index (χ0) is 24.2. The van der Waals surface area contributed by atoms with Crippen LogP contribution in [-0.2, 0) is 11.3 Å². The summed E-state index contributed by atoms with van der Waals surface area (Å²) in [5.41, 5.74) is 9.00. The van der Waals surface area contributed by atoms with Gasteiger partial charge in [-0.15, -0.1) is 0 Å². The van der Waals surface area contributed by atoms with Crippen LogP contribution in [0, 0.1) is 0 Å². The molecule has 35 heavy (non-hydrogen) atoms. The average Bonchev–Trinajstić information content (AvgIpc) is 3.42. The van der Waals surface area contributed by atoms with Crippen LogP contribution in [0.25, 0.3) is 15.7 Å². The molecule has 0 aromatic heterocycles. The van der Waals surface area contributed by atoms with Crippen LogP contribution >= 0.6 is 11.9 Å². The van der Waals surface area contributed by atoms with E-state index in [1.807, 2.05) is 42.5 Å². The highest BCUT2D eigenvalue weighted by molar-refractivity contribution is 8.06. The number of carbonyl (C=O) groups excluding carboxylic acids is 2. The van der Waals surface area contributed by atoms with Crippen LogP contribution in [0.1, 0.15) is 33.1 Å². The molecule has 0 fully saturated rings. The van der Waals surface area contributed by atoms with Crippen LogP contribution in [0.15, 0.2) is 103 Å². The van der Waals surface area contributed by atoms with Gasteiger partial charge in [0.1, 0.15) is 6.04 Å².